The van der Waals surface area contributed by atoms with Gasteiger partial charge in [0.1, 0.15) is 0 Å². The molecule has 1 aliphatic rings. The Morgan fingerprint density at radius 3 is 2.61 bits per heavy atom. The number of benzene rings is 2. The number of rotatable bonds is 2. The third kappa shape index (κ3) is 2.45. The van der Waals surface area contributed by atoms with Crippen LogP contribution in [-0.2, 0) is 12.8 Å². The molecule has 2 N–H and O–H groups in total. The lowest BCUT2D eigenvalue weighted by molar-refractivity contribution is 0.0990. The van der Waals surface area contributed by atoms with E-state index in [0.29, 0.717) is 21.8 Å². The van der Waals surface area contributed by atoms with Gasteiger partial charge in [0.05, 0.1) is 16.8 Å². The van der Waals surface area contributed by atoms with Gasteiger partial charge in [-0.15, -0.1) is 0 Å². The molecule has 4 nitrogen and oxygen atoms in total. The topological polar surface area (TPSA) is 69.1 Å². The van der Waals surface area contributed by atoms with Gasteiger partial charge < -0.3 is 10.2 Å². The van der Waals surface area contributed by atoms with Gasteiger partial charge in [-0.2, -0.15) is 0 Å². The number of Topliss-reactive ketones (excluding diaryl/α,β-unsaturated/α-hetero) is 1. The molecule has 0 saturated carbocycles. The Labute approximate surface area is 166 Å². The Balaban J connectivity index is 1.93. The van der Waals surface area contributed by atoms with Gasteiger partial charge in [0.25, 0.3) is 0 Å². The lowest BCUT2D eigenvalue weighted by atomic mass is 9.84. The van der Waals surface area contributed by atoms with Crippen LogP contribution in [0.1, 0.15) is 28.6 Å². The maximum absolute atomic E-state index is 12.0. The van der Waals surface area contributed by atoms with Crippen molar-refractivity contribution in [2.75, 3.05) is 5.73 Å². The summed E-state index contributed by atoms with van der Waals surface area (Å²) >= 11 is 6.10. The molecule has 0 unspecified atom stereocenters. The number of aryl methyl sites for hydroxylation is 1. The number of halogens is 1. The number of hydrogen-bond acceptors (Lipinski definition) is 4. The van der Waals surface area contributed by atoms with Gasteiger partial charge >= 0.3 is 0 Å². The minimum atomic E-state index is -0.212. The molecule has 2 heterocycles. The number of nitrogens with zero attached hydrogens (tertiary/aromatic N) is 1. The van der Waals surface area contributed by atoms with Crippen LogP contribution in [0, 0.1) is 0 Å². The third-order valence-corrected chi connectivity index (χ3v) is 5.60. The van der Waals surface area contributed by atoms with Crippen molar-refractivity contribution in [2.24, 2.45) is 0 Å². The molecular formula is C23H17ClN2O2. The SMILES string of the molecule is CC(=O)c1oc2nc3c(c(-c4ccc(Cl)cc4)c2c1N)CCc1ccccc1-3. The number of carbonyl (C=O) groups excluding carboxylic acids is 1. The van der Waals surface area contributed by atoms with E-state index in [-0.39, 0.29) is 11.5 Å². The van der Waals surface area contributed by atoms with Gasteiger partial charge in [0.15, 0.2) is 11.5 Å². The van der Waals surface area contributed by atoms with Crippen molar-refractivity contribution in [2.45, 2.75) is 19.8 Å². The monoisotopic (exact) mass is 388 g/mol. The van der Waals surface area contributed by atoms with Crippen molar-refractivity contribution in [1.29, 1.82) is 0 Å². The van der Waals surface area contributed by atoms with E-state index in [9.17, 15) is 4.79 Å². The number of fused-ring (bicyclic) bond motifs is 4. The smallest absolute Gasteiger partial charge is 0.230 e. The van der Waals surface area contributed by atoms with Gasteiger partial charge in [-0.05, 0) is 41.7 Å². The molecular weight excluding hydrogens is 372 g/mol. The molecule has 0 atom stereocenters. The van der Waals surface area contributed by atoms with E-state index >= 15 is 0 Å². The summed E-state index contributed by atoms with van der Waals surface area (Å²) in [5, 5.41) is 1.36. The summed E-state index contributed by atoms with van der Waals surface area (Å²) in [5.74, 6) is -0.0516. The second-order valence-electron chi connectivity index (χ2n) is 7.06. The van der Waals surface area contributed by atoms with Crippen LogP contribution in [0.5, 0.6) is 0 Å². The minimum Gasteiger partial charge on any atom is -0.432 e. The molecule has 0 fully saturated rings. The number of hydrogen-bond donors (Lipinski definition) is 1. The van der Waals surface area contributed by atoms with Gasteiger partial charge in [-0.3, -0.25) is 4.79 Å². The number of nitrogen functional groups attached to an aromatic ring is 1. The predicted molar refractivity (Wildman–Crippen MR) is 112 cm³/mol. The summed E-state index contributed by atoms with van der Waals surface area (Å²) in [6, 6.07) is 15.9. The van der Waals surface area contributed by atoms with Crippen LogP contribution in [0.4, 0.5) is 5.69 Å². The van der Waals surface area contributed by atoms with Crippen LogP contribution in [0.25, 0.3) is 33.5 Å². The van der Waals surface area contributed by atoms with Crippen LogP contribution in [-0.4, -0.2) is 10.8 Å². The highest BCUT2D eigenvalue weighted by Crippen LogP contribution is 2.44. The van der Waals surface area contributed by atoms with Crippen molar-refractivity contribution in [1.82, 2.24) is 4.98 Å². The highest BCUT2D eigenvalue weighted by atomic mass is 35.5. The molecule has 1 aliphatic carbocycles. The van der Waals surface area contributed by atoms with E-state index in [1.54, 1.807) is 0 Å². The number of furan rings is 1. The van der Waals surface area contributed by atoms with E-state index in [0.717, 1.165) is 40.8 Å². The van der Waals surface area contributed by atoms with Crippen LogP contribution >= 0.6 is 11.6 Å². The Morgan fingerprint density at radius 2 is 1.86 bits per heavy atom. The third-order valence-electron chi connectivity index (χ3n) is 5.35. The zero-order valence-corrected chi connectivity index (χ0v) is 16.0. The molecule has 28 heavy (non-hydrogen) atoms. The van der Waals surface area contributed by atoms with Crippen molar-refractivity contribution >= 4 is 34.2 Å². The number of aromatic nitrogens is 1. The molecule has 0 saturated heterocycles. The molecule has 4 aromatic rings. The predicted octanol–water partition coefficient (Wildman–Crippen LogP) is 5.70. The molecule has 2 aromatic heterocycles. The quantitative estimate of drug-likeness (QED) is 0.447. The van der Waals surface area contributed by atoms with Crippen molar-refractivity contribution in [3.8, 4) is 22.4 Å². The van der Waals surface area contributed by atoms with E-state index < -0.39 is 0 Å². The first-order valence-electron chi connectivity index (χ1n) is 9.14. The average Bonchev–Trinajstić information content (AvgIpc) is 3.03. The van der Waals surface area contributed by atoms with Crippen LogP contribution < -0.4 is 5.73 Å². The van der Waals surface area contributed by atoms with Gasteiger partial charge in [0, 0.05) is 23.1 Å². The fourth-order valence-corrected chi connectivity index (χ4v) is 4.21. The van der Waals surface area contributed by atoms with E-state index in [1.165, 1.54) is 12.5 Å². The Hall–Kier alpha value is -3.11. The van der Waals surface area contributed by atoms with Gasteiger partial charge in [-0.25, -0.2) is 4.98 Å². The van der Waals surface area contributed by atoms with Crippen LogP contribution in [0.15, 0.2) is 52.9 Å². The maximum atomic E-state index is 12.0. The number of ketones is 1. The molecule has 5 heteroatoms. The molecule has 0 aliphatic heterocycles. The molecule has 2 aromatic carbocycles. The number of carbonyl (C=O) groups is 1. The van der Waals surface area contributed by atoms with Crippen LogP contribution in [0.2, 0.25) is 5.02 Å². The molecule has 0 spiro atoms. The lowest BCUT2D eigenvalue weighted by Gasteiger charge is -2.22. The minimum absolute atomic E-state index is 0.161. The Morgan fingerprint density at radius 1 is 1.11 bits per heavy atom. The molecule has 5 rings (SSSR count). The first kappa shape index (κ1) is 17.0. The number of pyridine rings is 1. The first-order valence-corrected chi connectivity index (χ1v) is 9.52. The summed E-state index contributed by atoms with van der Waals surface area (Å²) in [4.78, 5) is 16.8. The zero-order chi connectivity index (χ0) is 19.4. The highest BCUT2D eigenvalue weighted by molar-refractivity contribution is 6.30. The fraction of sp³-hybridized carbons (Fsp3) is 0.130. The fourth-order valence-electron chi connectivity index (χ4n) is 4.08. The lowest BCUT2D eigenvalue weighted by Crippen LogP contribution is -2.08. The largest absolute Gasteiger partial charge is 0.432 e. The van der Waals surface area contributed by atoms with E-state index in [4.69, 9.17) is 26.7 Å². The first-order chi connectivity index (χ1) is 13.5. The summed E-state index contributed by atoms with van der Waals surface area (Å²) in [6.45, 7) is 1.45. The Bertz CT molecular complexity index is 1260. The number of anilines is 1. The Kier molecular flexibility index (Phi) is 3.78. The summed E-state index contributed by atoms with van der Waals surface area (Å²) < 4.78 is 5.82. The zero-order valence-electron chi connectivity index (χ0n) is 15.3. The van der Waals surface area contributed by atoms with Crippen molar-refractivity contribution in [3.05, 3.63) is 70.4 Å². The standard InChI is InChI=1S/C23H17ClN2O2/c1-12(27)22-20(25)19-18(14-6-9-15(24)10-7-14)17-11-8-13-4-2-3-5-16(13)21(17)26-23(19)28-22/h2-7,9-10H,8,11,25H2,1H3. The molecule has 138 valence electrons. The van der Waals surface area contributed by atoms with Gasteiger partial charge in [-0.1, -0.05) is 48.0 Å². The van der Waals surface area contributed by atoms with Crippen molar-refractivity contribution in [3.63, 3.8) is 0 Å². The summed E-state index contributed by atoms with van der Waals surface area (Å²) in [7, 11) is 0. The van der Waals surface area contributed by atoms with E-state index in [2.05, 4.69) is 12.1 Å². The summed E-state index contributed by atoms with van der Waals surface area (Å²) in [5.41, 5.74) is 13.4. The second kappa shape index (κ2) is 6.21. The summed E-state index contributed by atoms with van der Waals surface area (Å²) in [6.07, 6.45) is 1.77. The molecule has 0 radical (unpaired) electrons. The number of nitrogens with two attached hydrogens (primary N) is 1. The van der Waals surface area contributed by atoms with E-state index in [1.807, 2.05) is 36.4 Å². The molecule has 0 bridgehead atoms. The highest BCUT2D eigenvalue weighted by Gasteiger charge is 2.28. The normalized spacial score (nSPS) is 12.6. The van der Waals surface area contributed by atoms with Crippen molar-refractivity contribution < 1.29 is 9.21 Å². The average molecular weight is 389 g/mol. The second-order valence-corrected chi connectivity index (χ2v) is 7.50. The van der Waals surface area contributed by atoms with Crippen LogP contribution in [0.3, 0.4) is 0 Å². The van der Waals surface area contributed by atoms with Gasteiger partial charge in [0.2, 0.25) is 5.71 Å². The maximum Gasteiger partial charge on any atom is 0.230 e. The molecule has 0 amide bonds.